The van der Waals surface area contributed by atoms with Crippen molar-refractivity contribution >= 4 is 6.08 Å². The lowest BCUT2D eigenvalue weighted by Gasteiger charge is -2.35. The van der Waals surface area contributed by atoms with E-state index in [1.807, 2.05) is 31.2 Å². The van der Waals surface area contributed by atoms with Crippen molar-refractivity contribution < 1.29 is 9.47 Å². The van der Waals surface area contributed by atoms with Gasteiger partial charge in [-0.25, -0.2) is 0 Å². The molecule has 1 aliphatic heterocycles. The van der Waals surface area contributed by atoms with Gasteiger partial charge in [0, 0.05) is 22.8 Å². The molecule has 3 heteroatoms. The fourth-order valence-electron chi connectivity index (χ4n) is 3.48. The Hall–Kier alpha value is -2.73. The van der Waals surface area contributed by atoms with Gasteiger partial charge < -0.3 is 9.47 Å². The number of rotatable bonds is 4. The van der Waals surface area contributed by atoms with Crippen LogP contribution in [0, 0.1) is 25.2 Å². The number of fused-ring (bicyclic) bond motifs is 1. The van der Waals surface area contributed by atoms with Gasteiger partial charge in [0.15, 0.2) is 0 Å². The summed E-state index contributed by atoms with van der Waals surface area (Å²) in [4.78, 5) is 0. The first-order valence-electron chi connectivity index (χ1n) is 9.01. The third kappa shape index (κ3) is 3.60. The maximum Gasteiger partial charge on any atom is 0.131 e. The van der Waals surface area contributed by atoms with Crippen LogP contribution in [0.25, 0.3) is 6.08 Å². The van der Waals surface area contributed by atoms with Gasteiger partial charge in [-0.1, -0.05) is 30.3 Å². The van der Waals surface area contributed by atoms with Gasteiger partial charge in [0.05, 0.1) is 6.07 Å². The van der Waals surface area contributed by atoms with Gasteiger partial charge in [-0.3, -0.25) is 0 Å². The van der Waals surface area contributed by atoms with Gasteiger partial charge in [-0.15, -0.1) is 0 Å². The summed E-state index contributed by atoms with van der Waals surface area (Å²) in [5.74, 6) is 1.79. The van der Waals surface area contributed by atoms with Gasteiger partial charge in [0.25, 0.3) is 0 Å². The first-order valence-corrected chi connectivity index (χ1v) is 9.01. The van der Waals surface area contributed by atoms with Crippen LogP contribution in [0.1, 0.15) is 48.1 Å². The lowest BCUT2D eigenvalue weighted by Crippen LogP contribution is -2.33. The molecular weight excluding hydrogens is 322 g/mol. The normalized spacial score (nSPS) is 15.2. The molecular formula is C23H25NO2. The minimum atomic E-state index is -0.201. The molecule has 0 bridgehead atoms. The number of hydrogen-bond acceptors (Lipinski definition) is 3. The van der Waals surface area contributed by atoms with E-state index in [0.717, 1.165) is 46.6 Å². The SMILES string of the molecule is Cc1c(C=CC#N)c2c(c(C)c1OCc1ccccc1)CCC(C)(C)O2. The van der Waals surface area contributed by atoms with E-state index in [1.54, 1.807) is 0 Å². The van der Waals surface area contributed by atoms with Crippen LogP contribution in [-0.2, 0) is 13.0 Å². The zero-order chi connectivity index (χ0) is 18.7. The van der Waals surface area contributed by atoms with Crippen LogP contribution in [0.15, 0.2) is 36.4 Å². The first-order chi connectivity index (χ1) is 12.4. The van der Waals surface area contributed by atoms with E-state index in [9.17, 15) is 0 Å². The molecule has 0 radical (unpaired) electrons. The molecule has 0 aliphatic carbocycles. The average molecular weight is 347 g/mol. The number of ether oxygens (including phenoxy) is 2. The maximum atomic E-state index is 8.99. The standard InChI is InChI=1S/C23H25NO2/c1-16-19(11-8-14-24)22-20(12-13-23(3,4)26-22)17(2)21(16)25-15-18-9-6-5-7-10-18/h5-11H,12-13,15H2,1-4H3. The fraction of sp³-hybridized carbons (Fsp3) is 0.348. The Labute approximate surface area is 155 Å². The van der Waals surface area contributed by atoms with Crippen molar-refractivity contribution in [1.29, 1.82) is 5.26 Å². The highest BCUT2D eigenvalue weighted by Gasteiger charge is 2.31. The highest BCUT2D eigenvalue weighted by Crippen LogP contribution is 2.44. The topological polar surface area (TPSA) is 42.2 Å². The molecule has 0 N–H and O–H groups in total. The lowest BCUT2D eigenvalue weighted by molar-refractivity contribution is 0.0837. The van der Waals surface area contributed by atoms with Crippen molar-refractivity contribution in [1.82, 2.24) is 0 Å². The molecule has 2 aromatic rings. The Bertz CT molecular complexity index is 874. The first kappa shape index (κ1) is 18.1. The summed E-state index contributed by atoms with van der Waals surface area (Å²) in [6.45, 7) is 8.88. The molecule has 3 rings (SSSR count). The second-order valence-corrected chi connectivity index (χ2v) is 7.40. The molecule has 0 spiro atoms. The van der Waals surface area contributed by atoms with Crippen molar-refractivity contribution in [3.05, 3.63) is 64.2 Å². The number of allylic oxidation sites excluding steroid dienone is 1. The van der Waals surface area contributed by atoms with Crippen molar-refractivity contribution in [3.63, 3.8) is 0 Å². The molecule has 26 heavy (non-hydrogen) atoms. The smallest absolute Gasteiger partial charge is 0.131 e. The van der Waals surface area contributed by atoms with Crippen LogP contribution in [0.3, 0.4) is 0 Å². The van der Waals surface area contributed by atoms with E-state index < -0.39 is 0 Å². The van der Waals surface area contributed by atoms with E-state index in [0.29, 0.717) is 6.61 Å². The maximum absolute atomic E-state index is 8.99. The van der Waals surface area contributed by atoms with E-state index >= 15 is 0 Å². The molecule has 1 aliphatic rings. The Morgan fingerprint density at radius 2 is 1.92 bits per heavy atom. The molecule has 0 amide bonds. The molecule has 1 heterocycles. The number of benzene rings is 2. The van der Waals surface area contributed by atoms with Crippen molar-refractivity contribution in [2.24, 2.45) is 0 Å². The van der Waals surface area contributed by atoms with Gasteiger partial charge in [0.1, 0.15) is 23.7 Å². The quantitative estimate of drug-likeness (QED) is 0.684. The second-order valence-electron chi connectivity index (χ2n) is 7.40. The van der Waals surface area contributed by atoms with E-state index in [4.69, 9.17) is 14.7 Å². The van der Waals surface area contributed by atoms with E-state index in [-0.39, 0.29) is 5.60 Å². The van der Waals surface area contributed by atoms with Crippen LogP contribution in [0.5, 0.6) is 11.5 Å². The number of nitriles is 1. The summed E-state index contributed by atoms with van der Waals surface area (Å²) >= 11 is 0. The Kier molecular flexibility index (Phi) is 5.04. The summed E-state index contributed by atoms with van der Waals surface area (Å²) in [6, 6.07) is 12.2. The van der Waals surface area contributed by atoms with Gasteiger partial charge in [-0.05, 0) is 57.7 Å². The van der Waals surface area contributed by atoms with E-state index in [1.165, 1.54) is 11.6 Å². The minimum absolute atomic E-state index is 0.201. The van der Waals surface area contributed by atoms with Crippen LogP contribution in [0.4, 0.5) is 0 Å². The molecule has 0 atom stereocenters. The number of hydrogen-bond donors (Lipinski definition) is 0. The highest BCUT2D eigenvalue weighted by molar-refractivity contribution is 5.71. The van der Waals surface area contributed by atoms with Gasteiger partial charge in [-0.2, -0.15) is 5.26 Å². The summed E-state index contributed by atoms with van der Waals surface area (Å²) in [5.41, 5.74) is 5.22. The Balaban J connectivity index is 2.05. The number of nitrogens with zero attached hydrogens (tertiary/aromatic N) is 1. The Morgan fingerprint density at radius 3 is 2.62 bits per heavy atom. The summed E-state index contributed by atoms with van der Waals surface area (Å²) in [5, 5.41) is 8.99. The highest BCUT2D eigenvalue weighted by atomic mass is 16.5. The van der Waals surface area contributed by atoms with Gasteiger partial charge >= 0.3 is 0 Å². The molecule has 0 aromatic heterocycles. The second kappa shape index (κ2) is 7.25. The molecule has 2 aromatic carbocycles. The predicted octanol–water partition coefficient (Wildman–Crippen LogP) is 5.52. The zero-order valence-electron chi connectivity index (χ0n) is 15.9. The third-order valence-electron chi connectivity index (χ3n) is 4.96. The molecule has 0 saturated heterocycles. The summed E-state index contributed by atoms with van der Waals surface area (Å²) < 4.78 is 12.5. The summed E-state index contributed by atoms with van der Waals surface area (Å²) in [7, 11) is 0. The monoisotopic (exact) mass is 347 g/mol. The molecule has 3 nitrogen and oxygen atoms in total. The van der Waals surface area contributed by atoms with Crippen molar-refractivity contribution in [2.45, 2.75) is 52.7 Å². The predicted molar refractivity (Wildman–Crippen MR) is 104 cm³/mol. The van der Waals surface area contributed by atoms with Crippen LogP contribution in [0.2, 0.25) is 0 Å². The van der Waals surface area contributed by atoms with Crippen molar-refractivity contribution in [3.8, 4) is 17.6 Å². The molecule has 0 saturated carbocycles. The average Bonchev–Trinajstić information content (AvgIpc) is 2.61. The lowest BCUT2D eigenvalue weighted by atomic mass is 9.87. The Morgan fingerprint density at radius 1 is 1.19 bits per heavy atom. The van der Waals surface area contributed by atoms with Crippen LogP contribution in [-0.4, -0.2) is 5.60 Å². The molecule has 134 valence electrons. The molecule has 0 fully saturated rings. The zero-order valence-corrected chi connectivity index (χ0v) is 15.9. The van der Waals surface area contributed by atoms with Gasteiger partial charge in [0.2, 0.25) is 0 Å². The van der Waals surface area contributed by atoms with Crippen LogP contribution >= 0.6 is 0 Å². The minimum Gasteiger partial charge on any atom is -0.488 e. The fourth-order valence-corrected chi connectivity index (χ4v) is 3.48. The third-order valence-corrected chi connectivity index (χ3v) is 4.96. The molecule has 0 unspecified atom stereocenters. The summed E-state index contributed by atoms with van der Waals surface area (Å²) in [6.07, 6.45) is 5.25. The van der Waals surface area contributed by atoms with Crippen LogP contribution < -0.4 is 9.47 Å². The van der Waals surface area contributed by atoms with Crippen molar-refractivity contribution in [2.75, 3.05) is 0 Å². The largest absolute Gasteiger partial charge is 0.488 e. The van der Waals surface area contributed by atoms with E-state index in [2.05, 4.69) is 39.0 Å².